The molecule has 0 aliphatic heterocycles. The van der Waals surface area contributed by atoms with Crippen LogP contribution < -0.4 is 4.74 Å². The highest BCUT2D eigenvalue weighted by molar-refractivity contribution is 5.65. The lowest BCUT2D eigenvalue weighted by Crippen LogP contribution is -2.13. The lowest BCUT2D eigenvalue weighted by molar-refractivity contribution is 0.314. The van der Waals surface area contributed by atoms with E-state index in [2.05, 4.69) is 0 Å². The molecule has 1 nitrogen and oxygen atoms in total. The standard InChI is InChI=1S/C30H30F4O/c1-3-19-5-10-21(11-6-19)24-16-17-25(29(33)28(24)32)22-12-7-20(8-13-22)9-14-23-15-18-26(35-4-2)30(34)27(23)31/h5-6,9-11,14-18,20,22H,3-4,7-8,12-13H2,1-2H3/b14-9+. The average molecular weight is 483 g/mol. The highest BCUT2D eigenvalue weighted by atomic mass is 19.2. The van der Waals surface area contributed by atoms with Gasteiger partial charge in [-0.25, -0.2) is 13.2 Å². The Hall–Kier alpha value is -3.08. The molecule has 0 unspecified atom stereocenters. The highest BCUT2D eigenvalue weighted by Gasteiger charge is 2.26. The van der Waals surface area contributed by atoms with Crippen LogP contribution in [0.4, 0.5) is 17.6 Å². The zero-order chi connectivity index (χ0) is 24.9. The number of benzene rings is 3. The summed E-state index contributed by atoms with van der Waals surface area (Å²) in [5.41, 5.74) is 2.67. The number of rotatable bonds is 7. The molecule has 1 aliphatic rings. The van der Waals surface area contributed by atoms with Gasteiger partial charge in [0.05, 0.1) is 6.61 Å². The first-order valence-electron chi connectivity index (χ1n) is 12.3. The van der Waals surface area contributed by atoms with E-state index in [0.29, 0.717) is 24.0 Å². The van der Waals surface area contributed by atoms with Crippen molar-refractivity contribution in [3.05, 3.63) is 94.6 Å². The number of aryl methyl sites for hydroxylation is 1. The molecule has 1 aliphatic carbocycles. The first-order valence-corrected chi connectivity index (χ1v) is 12.3. The van der Waals surface area contributed by atoms with Gasteiger partial charge in [-0.3, -0.25) is 0 Å². The molecule has 0 amide bonds. The van der Waals surface area contributed by atoms with Crippen molar-refractivity contribution >= 4 is 6.08 Å². The summed E-state index contributed by atoms with van der Waals surface area (Å²) in [6.07, 6.45) is 7.31. The van der Waals surface area contributed by atoms with Crippen LogP contribution >= 0.6 is 0 Å². The second-order valence-electron chi connectivity index (χ2n) is 9.07. The van der Waals surface area contributed by atoms with Crippen LogP contribution in [0.25, 0.3) is 17.2 Å². The monoisotopic (exact) mass is 482 g/mol. The van der Waals surface area contributed by atoms with Crippen LogP contribution in [0, 0.1) is 29.2 Å². The van der Waals surface area contributed by atoms with Gasteiger partial charge in [0.1, 0.15) is 0 Å². The Morgan fingerprint density at radius 2 is 1.49 bits per heavy atom. The molecule has 4 rings (SSSR count). The molecule has 1 saturated carbocycles. The van der Waals surface area contributed by atoms with Crippen LogP contribution in [0.15, 0.2) is 54.6 Å². The van der Waals surface area contributed by atoms with Crippen LogP contribution in [0.1, 0.15) is 62.1 Å². The lowest BCUT2D eigenvalue weighted by Gasteiger charge is -2.27. The molecule has 5 heteroatoms. The fourth-order valence-electron chi connectivity index (χ4n) is 4.83. The van der Waals surface area contributed by atoms with Gasteiger partial charge < -0.3 is 4.74 Å². The molecule has 3 aromatic rings. The Bertz CT molecular complexity index is 1190. The van der Waals surface area contributed by atoms with Crippen LogP contribution in [-0.4, -0.2) is 6.61 Å². The summed E-state index contributed by atoms with van der Waals surface area (Å²) >= 11 is 0. The third-order valence-electron chi connectivity index (χ3n) is 6.92. The van der Waals surface area contributed by atoms with Crippen molar-refractivity contribution in [2.75, 3.05) is 6.61 Å². The van der Waals surface area contributed by atoms with Crippen molar-refractivity contribution in [2.24, 2.45) is 5.92 Å². The van der Waals surface area contributed by atoms with Crippen LogP contribution in [0.2, 0.25) is 0 Å². The first kappa shape index (κ1) is 25.0. The highest BCUT2D eigenvalue weighted by Crippen LogP contribution is 2.39. The van der Waals surface area contributed by atoms with Crippen molar-refractivity contribution in [2.45, 2.75) is 51.9 Å². The number of ether oxygens (including phenoxy) is 1. The number of hydrogen-bond acceptors (Lipinski definition) is 1. The summed E-state index contributed by atoms with van der Waals surface area (Å²) in [6, 6.07) is 13.8. The molecule has 0 aromatic heterocycles. The van der Waals surface area contributed by atoms with Crippen LogP contribution in [0.3, 0.4) is 0 Å². The fraction of sp³-hybridized carbons (Fsp3) is 0.333. The van der Waals surface area contributed by atoms with Crippen LogP contribution in [-0.2, 0) is 6.42 Å². The van der Waals surface area contributed by atoms with Crippen molar-refractivity contribution < 1.29 is 22.3 Å². The van der Waals surface area contributed by atoms with Gasteiger partial charge in [0.2, 0.25) is 5.82 Å². The van der Waals surface area contributed by atoms with E-state index in [1.54, 1.807) is 25.1 Å². The number of allylic oxidation sites excluding steroid dienone is 1. The molecule has 0 spiro atoms. The predicted molar refractivity (Wildman–Crippen MR) is 132 cm³/mol. The summed E-state index contributed by atoms with van der Waals surface area (Å²) in [6.45, 7) is 4.02. The maximum atomic E-state index is 15.0. The van der Waals surface area contributed by atoms with Crippen LogP contribution in [0.5, 0.6) is 5.75 Å². The Morgan fingerprint density at radius 1 is 0.771 bits per heavy atom. The predicted octanol–water partition coefficient (Wildman–Crippen LogP) is 8.86. The quantitative estimate of drug-likeness (QED) is 0.306. The van der Waals surface area contributed by atoms with Gasteiger partial charge in [-0.05, 0) is 79.7 Å². The van der Waals surface area contributed by atoms with Gasteiger partial charge >= 0.3 is 0 Å². The normalized spacial score (nSPS) is 18.2. The Labute approximate surface area is 204 Å². The molecule has 35 heavy (non-hydrogen) atoms. The molecule has 0 atom stereocenters. The van der Waals surface area contributed by atoms with E-state index in [-0.39, 0.29) is 35.3 Å². The van der Waals surface area contributed by atoms with E-state index >= 15 is 4.39 Å². The molecule has 184 valence electrons. The fourth-order valence-corrected chi connectivity index (χ4v) is 4.83. The molecule has 0 radical (unpaired) electrons. The maximum absolute atomic E-state index is 15.0. The second-order valence-corrected chi connectivity index (χ2v) is 9.07. The summed E-state index contributed by atoms with van der Waals surface area (Å²) in [5.74, 6) is -3.48. The lowest BCUT2D eigenvalue weighted by atomic mass is 9.78. The van der Waals surface area contributed by atoms with Crippen molar-refractivity contribution in [3.63, 3.8) is 0 Å². The van der Waals surface area contributed by atoms with Gasteiger partial charge in [-0.15, -0.1) is 0 Å². The topological polar surface area (TPSA) is 9.23 Å². The molecule has 0 N–H and O–H groups in total. The smallest absolute Gasteiger partial charge is 0.201 e. The van der Waals surface area contributed by atoms with Crippen molar-refractivity contribution in [1.29, 1.82) is 0 Å². The zero-order valence-corrected chi connectivity index (χ0v) is 20.1. The summed E-state index contributed by atoms with van der Waals surface area (Å²) in [7, 11) is 0. The van der Waals surface area contributed by atoms with Gasteiger partial charge in [0.15, 0.2) is 23.2 Å². The number of halogens is 4. The molecule has 0 saturated heterocycles. The molecular formula is C30H30F4O. The molecule has 0 bridgehead atoms. The molecule has 0 heterocycles. The van der Waals surface area contributed by atoms with Gasteiger partial charge in [0.25, 0.3) is 0 Å². The molecule has 1 fully saturated rings. The van der Waals surface area contributed by atoms with Gasteiger partial charge in [0, 0.05) is 11.1 Å². The van der Waals surface area contributed by atoms with Crippen molar-refractivity contribution in [1.82, 2.24) is 0 Å². The minimum atomic E-state index is -0.986. The van der Waals surface area contributed by atoms with E-state index < -0.39 is 23.3 Å². The van der Waals surface area contributed by atoms with Gasteiger partial charge in [-0.1, -0.05) is 55.5 Å². The minimum Gasteiger partial charge on any atom is -0.491 e. The zero-order valence-electron chi connectivity index (χ0n) is 20.1. The van der Waals surface area contributed by atoms with E-state index in [1.165, 1.54) is 12.1 Å². The maximum Gasteiger partial charge on any atom is 0.201 e. The third-order valence-corrected chi connectivity index (χ3v) is 6.92. The largest absolute Gasteiger partial charge is 0.491 e. The first-order chi connectivity index (χ1) is 16.9. The van der Waals surface area contributed by atoms with Gasteiger partial charge in [-0.2, -0.15) is 4.39 Å². The average Bonchev–Trinajstić information content (AvgIpc) is 2.88. The SMILES string of the molecule is CCOc1ccc(/C=C/C2CCC(c3ccc(-c4ccc(CC)cc4)c(F)c3F)CC2)c(F)c1F. The Morgan fingerprint density at radius 3 is 2.14 bits per heavy atom. The van der Waals surface area contributed by atoms with E-state index in [0.717, 1.165) is 24.8 Å². The Balaban J connectivity index is 1.42. The number of hydrogen-bond donors (Lipinski definition) is 0. The second kappa shape index (κ2) is 11.1. The van der Waals surface area contributed by atoms with E-state index in [4.69, 9.17) is 4.74 Å². The van der Waals surface area contributed by atoms with Crippen molar-refractivity contribution in [3.8, 4) is 16.9 Å². The van der Waals surface area contributed by atoms with E-state index in [9.17, 15) is 13.2 Å². The Kier molecular flexibility index (Phi) is 7.94. The summed E-state index contributed by atoms with van der Waals surface area (Å²) < 4.78 is 63.5. The molecule has 3 aromatic carbocycles. The van der Waals surface area contributed by atoms with E-state index in [1.807, 2.05) is 37.3 Å². The third kappa shape index (κ3) is 5.44. The summed E-state index contributed by atoms with van der Waals surface area (Å²) in [4.78, 5) is 0. The summed E-state index contributed by atoms with van der Waals surface area (Å²) in [5, 5.41) is 0. The minimum absolute atomic E-state index is 0.0645. The molecular weight excluding hydrogens is 452 g/mol.